The molecule has 0 aromatic heterocycles. The molecule has 0 saturated carbocycles. The summed E-state index contributed by atoms with van der Waals surface area (Å²) in [5, 5.41) is 9.32. The van der Waals surface area contributed by atoms with E-state index in [1.807, 2.05) is 0 Å². The van der Waals surface area contributed by atoms with Gasteiger partial charge < -0.3 is 10.8 Å². The molecule has 0 fully saturated rings. The Balaban J connectivity index is 3.33. The van der Waals surface area contributed by atoms with E-state index in [9.17, 15) is 4.39 Å². The first-order valence-electron chi connectivity index (χ1n) is 4.72. The van der Waals surface area contributed by atoms with E-state index in [0.29, 0.717) is 16.1 Å². The molecule has 0 spiro atoms. The lowest BCUT2D eigenvalue weighted by Gasteiger charge is -2.23. The minimum Gasteiger partial charge on any atom is -0.394 e. The minimum absolute atomic E-state index is 0.233. The van der Waals surface area contributed by atoms with E-state index < -0.39 is 11.7 Å². The first-order chi connectivity index (χ1) is 6.88. The second-order valence-corrected chi connectivity index (χ2v) is 4.37. The van der Waals surface area contributed by atoms with E-state index in [0.717, 1.165) is 0 Å². The molecular weight excluding hydrogens is 217 g/mol. The van der Waals surface area contributed by atoms with Crippen LogP contribution in [0.1, 0.15) is 31.0 Å². The van der Waals surface area contributed by atoms with Crippen LogP contribution in [0.5, 0.6) is 0 Å². The second kappa shape index (κ2) is 4.47. The molecule has 0 bridgehead atoms. The van der Waals surface area contributed by atoms with Gasteiger partial charge in [-0.05, 0) is 25.5 Å². The van der Waals surface area contributed by atoms with Gasteiger partial charge in [-0.15, -0.1) is 0 Å². The van der Waals surface area contributed by atoms with E-state index in [2.05, 4.69) is 0 Å². The van der Waals surface area contributed by atoms with E-state index in [1.165, 1.54) is 13.8 Å². The molecule has 3 N–H and O–H groups in total. The Morgan fingerprint density at radius 3 is 2.60 bits per heavy atom. The van der Waals surface area contributed by atoms with Crippen molar-refractivity contribution in [3.63, 3.8) is 0 Å². The zero-order chi connectivity index (χ0) is 11.6. The number of alkyl halides is 1. The molecule has 0 radical (unpaired) electrons. The lowest BCUT2D eigenvalue weighted by Crippen LogP contribution is -2.21. The maximum absolute atomic E-state index is 13.9. The van der Waals surface area contributed by atoms with E-state index >= 15 is 0 Å². The van der Waals surface area contributed by atoms with Crippen LogP contribution >= 0.6 is 11.6 Å². The van der Waals surface area contributed by atoms with E-state index in [-0.39, 0.29) is 6.61 Å². The summed E-state index contributed by atoms with van der Waals surface area (Å²) in [5.41, 5.74) is 5.02. The van der Waals surface area contributed by atoms with Crippen LogP contribution in [0.3, 0.4) is 0 Å². The Hall–Kier alpha value is -0.640. The van der Waals surface area contributed by atoms with Crippen molar-refractivity contribution in [1.82, 2.24) is 0 Å². The molecule has 0 aliphatic rings. The summed E-state index contributed by atoms with van der Waals surface area (Å²) >= 11 is 5.94. The van der Waals surface area contributed by atoms with Gasteiger partial charge >= 0.3 is 0 Å². The summed E-state index contributed by atoms with van der Waals surface area (Å²) in [4.78, 5) is 0. The van der Waals surface area contributed by atoms with Crippen molar-refractivity contribution in [2.75, 3.05) is 6.61 Å². The van der Waals surface area contributed by atoms with Crippen LogP contribution in [0.4, 0.5) is 4.39 Å². The average Bonchev–Trinajstić information content (AvgIpc) is 2.14. The van der Waals surface area contributed by atoms with Gasteiger partial charge in [-0.1, -0.05) is 23.7 Å². The third-order valence-corrected chi connectivity index (χ3v) is 2.55. The third-order valence-electron chi connectivity index (χ3n) is 2.24. The van der Waals surface area contributed by atoms with Crippen LogP contribution in [0.15, 0.2) is 18.2 Å². The van der Waals surface area contributed by atoms with Gasteiger partial charge in [0.25, 0.3) is 0 Å². The number of benzene rings is 1. The van der Waals surface area contributed by atoms with Crippen molar-refractivity contribution in [1.29, 1.82) is 0 Å². The number of aliphatic hydroxyl groups excluding tert-OH is 1. The van der Waals surface area contributed by atoms with Crippen LogP contribution in [0.2, 0.25) is 5.02 Å². The summed E-state index contributed by atoms with van der Waals surface area (Å²) in [6.45, 7) is 2.60. The maximum Gasteiger partial charge on any atom is 0.132 e. The van der Waals surface area contributed by atoms with Gasteiger partial charge in [0.05, 0.1) is 12.6 Å². The number of halogens is 2. The predicted octanol–water partition coefficient (Wildman–Crippen LogP) is 2.54. The Kier molecular flexibility index (Phi) is 3.71. The number of hydrogen-bond acceptors (Lipinski definition) is 2. The normalized spacial score (nSPS) is 14.0. The van der Waals surface area contributed by atoms with Crippen LogP contribution in [0.25, 0.3) is 0 Å². The van der Waals surface area contributed by atoms with Crippen molar-refractivity contribution in [3.8, 4) is 0 Å². The van der Waals surface area contributed by atoms with Crippen molar-refractivity contribution in [3.05, 3.63) is 34.3 Å². The smallest absolute Gasteiger partial charge is 0.132 e. The van der Waals surface area contributed by atoms with Gasteiger partial charge in [0.1, 0.15) is 5.67 Å². The summed E-state index contributed by atoms with van der Waals surface area (Å²) in [5.74, 6) is 0. The fourth-order valence-electron chi connectivity index (χ4n) is 1.58. The van der Waals surface area contributed by atoms with Gasteiger partial charge in [-0.25, -0.2) is 4.39 Å². The molecule has 1 rings (SSSR count). The maximum atomic E-state index is 13.9. The molecule has 1 aromatic rings. The first kappa shape index (κ1) is 12.4. The molecule has 0 saturated heterocycles. The molecule has 2 nitrogen and oxygen atoms in total. The van der Waals surface area contributed by atoms with Crippen molar-refractivity contribution in [2.24, 2.45) is 5.73 Å². The average molecular weight is 232 g/mol. The van der Waals surface area contributed by atoms with Crippen LogP contribution < -0.4 is 5.73 Å². The molecule has 0 aliphatic carbocycles. The van der Waals surface area contributed by atoms with E-state index in [1.54, 1.807) is 18.2 Å². The van der Waals surface area contributed by atoms with Crippen LogP contribution in [-0.4, -0.2) is 11.7 Å². The van der Waals surface area contributed by atoms with Gasteiger partial charge in [0.15, 0.2) is 0 Å². The van der Waals surface area contributed by atoms with E-state index in [4.69, 9.17) is 22.4 Å². The fraction of sp³-hybridized carbons (Fsp3) is 0.455. The minimum atomic E-state index is -1.57. The van der Waals surface area contributed by atoms with Crippen molar-refractivity contribution < 1.29 is 9.50 Å². The summed E-state index contributed by atoms with van der Waals surface area (Å²) in [6, 6.07) is 4.39. The van der Waals surface area contributed by atoms with Gasteiger partial charge in [0, 0.05) is 10.6 Å². The highest BCUT2D eigenvalue weighted by molar-refractivity contribution is 6.31. The van der Waals surface area contributed by atoms with Crippen LogP contribution in [-0.2, 0) is 5.67 Å². The van der Waals surface area contributed by atoms with Crippen LogP contribution in [0, 0.1) is 0 Å². The highest BCUT2D eigenvalue weighted by Crippen LogP contribution is 2.35. The zero-order valence-corrected chi connectivity index (χ0v) is 9.55. The molecule has 1 aromatic carbocycles. The standard InChI is InChI=1S/C11H15ClFNO/c1-11(2,13)10-7(9(14)6-15)4-3-5-8(10)12/h3-5,9,15H,6,14H2,1-2H3. The number of nitrogens with two attached hydrogens (primary N) is 1. The van der Waals surface area contributed by atoms with Gasteiger partial charge in [-0.2, -0.15) is 0 Å². The summed E-state index contributed by atoms with van der Waals surface area (Å²) in [6.07, 6.45) is 0. The quantitative estimate of drug-likeness (QED) is 0.840. The monoisotopic (exact) mass is 231 g/mol. The Morgan fingerprint density at radius 1 is 1.53 bits per heavy atom. The second-order valence-electron chi connectivity index (χ2n) is 3.97. The Labute approximate surface area is 93.9 Å². The number of aliphatic hydroxyl groups is 1. The Bertz CT molecular complexity index is 349. The number of hydrogen-bond donors (Lipinski definition) is 2. The topological polar surface area (TPSA) is 46.2 Å². The predicted molar refractivity (Wildman–Crippen MR) is 59.6 cm³/mol. The zero-order valence-electron chi connectivity index (χ0n) is 8.80. The molecule has 0 amide bonds. The summed E-state index contributed by atoms with van der Waals surface area (Å²) in [7, 11) is 0. The third kappa shape index (κ3) is 2.68. The molecular formula is C11H15ClFNO. The van der Waals surface area contributed by atoms with Gasteiger partial charge in [0.2, 0.25) is 0 Å². The lowest BCUT2D eigenvalue weighted by atomic mass is 9.91. The van der Waals surface area contributed by atoms with Crippen molar-refractivity contribution >= 4 is 11.6 Å². The molecule has 84 valence electrons. The molecule has 4 heteroatoms. The molecule has 1 unspecified atom stereocenters. The fourth-order valence-corrected chi connectivity index (χ4v) is 1.98. The Morgan fingerprint density at radius 2 is 2.13 bits per heavy atom. The first-order valence-corrected chi connectivity index (χ1v) is 5.10. The highest BCUT2D eigenvalue weighted by atomic mass is 35.5. The molecule has 15 heavy (non-hydrogen) atoms. The lowest BCUT2D eigenvalue weighted by molar-refractivity contribution is 0.215. The summed E-state index contributed by atoms with van der Waals surface area (Å²) < 4.78 is 13.9. The van der Waals surface area contributed by atoms with Gasteiger partial charge in [-0.3, -0.25) is 0 Å². The number of rotatable bonds is 3. The van der Waals surface area contributed by atoms with Crippen molar-refractivity contribution in [2.45, 2.75) is 25.6 Å². The largest absolute Gasteiger partial charge is 0.394 e. The molecule has 1 atom stereocenters. The molecule has 0 aliphatic heterocycles. The highest BCUT2D eigenvalue weighted by Gasteiger charge is 2.27. The molecule has 0 heterocycles. The SMILES string of the molecule is CC(C)(F)c1c(Cl)cccc1C(N)CO.